The average Bonchev–Trinajstić information content (AvgIpc) is 2.65. The highest BCUT2D eigenvalue weighted by molar-refractivity contribution is 5.24. The Morgan fingerprint density at radius 2 is 2.07 bits per heavy atom. The Hall–Kier alpha value is -0.860. The Kier molecular flexibility index (Phi) is 2.85. The van der Waals surface area contributed by atoms with Crippen LogP contribution in [0.3, 0.4) is 0 Å². The second-order valence-corrected chi connectivity index (χ2v) is 3.88. The van der Waals surface area contributed by atoms with E-state index in [1.54, 1.807) is 0 Å². The van der Waals surface area contributed by atoms with Crippen molar-refractivity contribution in [2.24, 2.45) is 0 Å². The zero-order chi connectivity index (χ0) is 9.97. The number of benzene rings is 1. The largest absolute Gasteiger partial charge is 0.357 e. The SMILES string of the molecule is CCc1ccc(C2NC(C)CO2)cc1. The number of nitrogens with one attached hydrogen (secondary N) is 1. The van der Waals surface area contributed by atoms with Crippen LogP contribution in [0.5, 0.6) is 0 Å². The zero-order valence-corrected chi connectivity index (χ0v) is 8.79. The molecule has 2 rings (SSSR count). The molecule has 76 valence electrons. The summed E-state index contributed by atoms with van der Waals surface area (Å²) in [5, 5.41) is 3.39. The van der Waals surface area contributed by atoms with E-state index in [2.05, 4.69) is 43.4 Å². The first-order chi connectivity index (χ1) is 6.79. The zero-order valence-electron chi connectivity index (χ0n) is 8.79. The Morgan fingerprint density at radius 1 is 1.36 bits per heavy atom. The van der Waals surface area contributed by atoms with Crippen LogP contribution in [0.2, 0.25) is 0 Å². The van der Waals surface area contributed by atoms with Gasteiger partial charge in [0.2, 0.25) is 0 Å². The van der Waals surface area contributed by atoms with Crippen molar-refractivity contribution >= 4 is 0 Å². The number of hydrogen-bond donors (Lipinski definition) is 1. The summed E-state index contributed by atoms with van der Waals surface area (Å²) >= 11 is 0. The molecule has 1 heterocycles. The van der Waals surface area contributed by atoms with Crippen molar-refractivity contribution < 1.29 is 4.74 Å². The molecule has 2 heteroatoms. The van der Waals surface area contributed by atoms with Gasteiger partial charge in [0.1, 0.15) is 6.23 Å². The van der Waals surface area contributed by atoms with E-state index >= 15 is 0 Å². The van der Waals surface area contributed by atoms with Gasteiger partial charge in [0.25, 0.3) is 0 Å². The third-order valence-corrected chi connectivity index (χ3v) is 2.64. The average molecular weight is 191 g/mol. The van der Waals surface area contributed by atoms with Crippen LogP contribution in [0, 0.1) is 0 Å². The fourth-order valence-electron chi connectivity index (χ4n) is 1.72. The number of hydrogen-bond acceptors (Lipinski definition) is 2. The highest BCUT2D eigenvalue weighted by Gasteiger charge is 2.21. The van der Waals surface area contributed by atoms with Gasteiger partial charge in [-0.05, 0) is 24.5 Å². The molecule has 1 aliphatic heterocycles. The van der Waals surface area contributed by atoms with Crippen LogP contribution in [0.1, 0.15) is 31.2 Å². The predicted octanol–water partition coefficient (Wildman–Crippen LogP) is 2.26. The molecule has 2 atom stereocenters. The maximum absolute atomic E-state index is 5.61. The van der Waals surface area contributed by atoms with Crippen LogP contribution >= 0.6 is 0 Å². The molecule has 0 aliphatic carbocycles. The molecule has 2 nitrogen and oxygen atoms in total. The van der Waals surface area contributed by atoms with Crippen molar-refractivity contribution in [3.05, 3.63) is 35.4 Å². The molecule has 1 aliphatic rings. The minimum absolute atomic E-state index is 0.0934. The fraction of sp³-hybridized carbons (Fsp3) is 0.500. The molecule has 0 saturated carbocycles. The van der Waals surface area contributed by atoms with E-state index in [1.165, 1.54) is 11.1 Å². The number of ether oxygens (including phenoxy) is 1. The predicted molar refractivity (Wildman–Crippen MR) is 57.1 cm³/mol. The van der Waals surface area contributed by atoms with E-state index in [0.29, 0.717) is 6.04 Å². The van der Waals surface area contributed by atoms with Gasteiger partial charge in [-0.3, -0.25) is 5.32 Å². The minimum Gasteiger partial charge on any atom is -0.357 e. The van der Waals surface area contributed by atoms with Gasteiger partial charge in [0.05, 0.1) is 6.61 Å². The maximum Gasteiger partial charge on any atom is 0.134 e. The highest BCUT2D eigenvalue weighted by Crippen LogP contribution is 2.20. The van der Waals surface area contributed by atoms with Crippen molar-refractivity contribution in [3.8, 4) is 0 Å². The summed E-state index contributed by atoms with van der Waals surface area (Å²) in [6, 6.07) is 9.10. The molecule has 1 aromatic carbocycles. The molecule has 1 saturated heterocycles. The molecular weight excluding hydrogens is 174 g/mol. The van der Waals surface area contributed by atoms with Crippen LogP contribution in [-0.4, -0.2) is 12.6 Å². The Bertz CT molecular complexity index is 294. The first kappa shape index (κ1) is 9.69. The van der Waals surface area contributed by atoms with Gasteiger partial charge in [0.15, 0.2) is 0 Å². The van der Waals surface area contributed by atoms with E-state index < -0.39 is 0 Å². The quantitative estimate of drug-likeness (QED) is 0.774. The van der Waals surface area contributed by atoms with Crippen LogP contribution in [0.15, 0.2) is 24.3 Å². The Labute approximate surface area is 85.3 Å². The number of aryl methyl sites for hydroxylation is 1. The van der Waals surface area contributed by atoms with E-state index in [1.807, 2.05) is 0 Å². The summed E-state index contributed by atoms with van der Waals surface area (Å²) in [6.07, 6.45) is 1.19. The topological polar surface area (TPSA) is 21.3 Å². The smallest absolute Gasteiger partial charge is 0.134 e. The molecule has 0 aromatic heterocycles. The lowest BCUT2D eigenvalue weighted by Crippen LogP contribution is -2.22. The molecular formula is C12H17NO. The normalized spacial score (nSPS) is 26.7. The van der Waals surface area contributed by atoms with Crippen LogP contribution in [0.4, 0.5) is 0 Å². The molecule has 0 spiro atoms. The maximum atomic E-state index is 5.61. The standard InChI is InChI=1S/C12H17NO/c1-3-10-4-6-11(7-5-10)12-13-9(2)8-14-12/h4-7,9,12-13H,3,8H2,1-2H3. The van der Waals surface area contributed by atoms with Crippen molar-refractivity contribution in [2.45, 2.75) is 32.5 Å². The van der Waals surface area contributed by atoms with Gasteiger partial charge in [-0.15, -0.1) is 0 Å². The summed E-state index contributed by atoms with van der Waals surface area (Å²) in [4.78, 5) is 0. The van der Waals surface area contributed by atoms with E-state index in [9.17, 15) is 0 Å². The third kappa shape index (κ3) is 1.97. The third-order valence-electron chi connectivity index (χ3n) is 2.64. The molecule has 1 N–H and O–H groups in total. The second-order valence-electron chi connectivity index (χ2n) is 3.88. The van der Waals surface area contributed by atoms with E-state index in [0.717, 1.165) is 13.0 Å². The highest BCUT2D eigenvalue weighted by atomic mass is 16.5. The molecule has 14 heavy (non-hydrogen) atoms. The van der Waals surface area contributed by atoms with Crippen molar-refractivity contribution in [2.75, 3.05) is 6.61 Å². The second kappa shape index (κ2) is 4.11. The van der Waals surface area contributed by atoms with Gasteiger partial charge in [0, 0.05) is 6.04 Å². The molecule has 0 radical (unpaired) electrons. The minimum atomic E-state index is 0.0934. The lowest BCUT2D eigenvalue weighted by Gasteiger charge is -2.11. The van der Waals surface area contributed by atoms with Crippen LogP contribution < -0.4 is 5.32 Å². The van der Waals surface area contributed by atoms with Gasteiger partial charge in [-0.25, -0.2) is 0 Å². The number of rotatable bonds is 2. The van der Waals surface area contributed by atoms with Crippen molar-refractivity contribution in [1.29, 1.82) is 0 Å². The summed E-state index contributed by atoms with van der Waals surface area (Å²) in [7, 11) is 0. The van der Waals surface area contributed by atoms with Gasteiger partial charge >= 0.3 is 0 Å². The summed E-state index contributed by atoms with van der Waals surface area (Å²) in [5.74, 6) is 0. The summed E-state index contributed by atoms with van der Waals surface area (Å²) in [6.45, 7) is 5.11. The lowest BCUT2D eigenvalue weighted by molar-refractivity contribution is 0.101. The van der Waals surface area contributed by atoms with Gasteiger partial charge < -0.3 is 4.74 Å². The monoisotopic (exact) mass is 191 g/mol. The Balaban J connectivity index is 2.09. The van der Waals surface area contributed by atoms with Crippen molar-refractivity contribution in [3.63, 3.8) is 0 Å². The lowest BCUT2D eigenvalue weighted by atomic mass is 10.1. The molecule has 1 fully saturated rings. The summed E-state index contributed by atoms with van der Waals surface area (Å²) in [5.41, 5.74) is 2.60. The molecule has 0 amide bonds. The molecule has 2 unspecified atom stereocenters. The first-order valence-electron chi connectivity index (χ1n) is 5.26. The first-order valence-corrected chi connectivity index (χ1v) is 5.26. The van der Waals surface area contributed by atoms with E-state index in [4.69, 9.17) is 4.74 Å². The summed E-state index contributed by atoms with van der Waals surface area (Å²) < 4.78 is 5.61. The van der Waals surface area contributed by atoms with Crippen molar-refractivity contribution in [1.82, 2.24) is 5.32 Å². The van der Waals surface area contributed by atoms with E-state index in [-0.39, 0.29) is 6.23 Å². The Morgan fingerprint density at radius 3 is 2.57 bits per heavy atom. The molecule has 0 bridgehead atoms. The molecule has 1 aromatic rings. The fourth-order valence-corrected chi connectivity index (χ4v) is 1.72. The van der Waals surface area contributed by atoms with Gasteiger partial charge in [-0.1, -0.05) is 31.2 Å². The van der Waals surface area contributed by atoms with Gasteiger partial charge in [-0.2, -0.15) is 0 Å². The van der Waals surface area contributed by atoms with Crippen LogP contribution in [-0.2, 0) is 11.2 Å². The van der Waals surface area contributed by atoms with Crippen LogP contribution in [0.25, 0.3) is 0 Å².